The van der Waals surface area contributed by atoms with Gasteiger partial charge in [-0.2, -0.15) is 5.10 Å². The Morgan fingerprint density at radius 3 is 2.70 bits per heavy atom. The van der Waals surface area contributed by atoms with Crippen molar-refractivity contribution in [3.8, 4) is 5.75 Å². The number of carbonyl (C=O) groups is 1. The van der Waals surface area contributed by atoms with Gasteiger partial charge in [0.1, 0.15) is 12.4 Å². The number of nitrogens with zero attached hydrogens (tertiary/aromatic N) is 1. The highest BCUT2D eigenvalue weighted by Gasteiger charge is 2.04. The molecular formula is C16H22N2O2. The van der Waals surface area contributed by atoms with E-state index < -0.39 is 0 Å². The number of unbranched alkanes of at least 4 members (excludes halogenated alkanes) is 1. The lowest BCUT2D eigenvalue weighted by molar-refractivity contribution is 0.0954. The van der Waals surface area contributed by atoms with Gasteiger partial charge in [0.05, 0.1) is 0 Å². The van der Waals surface area contributed by atoms with Gasteiger partial charge in [-0.05, 0) is 44.0 Å². The van der Waals surface area contributed by atoms with E-state index in [1.54, 1.807) is 30.3 Å². The van der Waals surface area contributed by atoms with Gasteiger partial charge in [-0.3, -0.25) is 4.79 Å². The van der Waals surface area contributed by atoms with Crippen LogP contribution in [0.3, 0.4) is 0 Å². The van der Waals surface area contributed by atoms with Gasteiger partial charge in [0.25, 0.3) is 5.91 Å². The summed E-state index contributed by atoms with van der Waals surface area (Å²) in [6.45, 7) is 8.08. The standard InChI is InChI=1S/C16H22N2O2/c1-4-6-7-13(3)17-18-16(19)14-8-10-15(11-9-14)20-12-5-2/h5,8-11H,2,4,6-7,12H2,1,3H3,(H,18,19)/b17-13+. The first-order valence-corrected chi connectivity index (χ1v) is 6.84. The number of ether oxygens (including phenoxy) is 1. The first-order valence-electron chi connectivity index (χ1n) is 6.84. The van der Waals surface area contributed by atoms with Gasteiger partial charge >= 0.3 is 0 Å². The zero-order valence-corrected chi connectivity index (χ0v) is 12.2. The normalized spacial score (nSPS) is 11.0. The third kappa shape index (κ3) is 5.69. The molecule has 0 saturated carbocycles. The second kappa shape index (κ2) is 8.91. The second-order valence-electron chi connectivity index (χ2n) is 4.52. The average molecular weight is 274 g/mol. The highest BCUT2D eigenvalue weighted by molar-refractivity contribution is 5.95. The Balaban J connectivity index is 2.53. The van der Waals surface area contributed by atoms with E-state index in [1.807, 2.05) is 6.92 Å². The molecule has 4 nitrogen and oxygen atoms in total. The Morgan fingerprint density at radius 1 is 1.40 bits per heavy atom. The Bertz CT molecular complexity index is 464. The molecule has 0 aliphatic rings. The Labute approximate surface area is 120 Å². The molecule has 1 aromatic rings. The van der Waals surface area contributed by atoms with Crippen molar-refractivity contribution in [2.75, 3.05) is 6.61 Å². The third-order valence-corrected chi connectivity index (χ3v) is 2.72. The quantitative estimate of drug-likeness (QED) is 0.448. The van der Waals surface area contributed by atoms with Crippen molar-refractivity contribution in [1.82, 2.24) is 5.43 Å². The molecule has 0 aliphatic heterocycles. The van der Waals surface area contributed by atoms with Crippen LogP contribution in [0.25, 0.3) is 0 Å². The molecule has 4 heteroatoms. The predicted molar refractivity (Wildman–Crippen MR) is 82.2 cm³/mol. The molecule has 0 aliphatic carbocycles. The lowest BCUT2D eigenvalue weighted by atomic mass is 10.2. The molecule has 0 saturated heterocycles. The maximum Gasteiger partial charge on any atom is 0.271 e. The number of benzene rings is 1. The highest BCUT2D eigenvalue weighted by Crippen LogP contribution is 2.12. The van der Waals surface area contributed by atoms with Crippen LogP contribution in [0.5, 0.6) is 5.75 Å². The minimum atomic E-state index is -0.212. The van der Waals surface area contributed by atoms with E-state index >= 15 is 0 Å². The summed E-state index contributed by atoms with van der Waals surface area (Å²) in [5.74, 6) is 0.500. The maximum absolute atomic E-state index is 11.9. The first-order chi connectivity index (χ1) is 9.67. The van der Waals surface area contributed by atoms with Gasteiger partial charge in [-0.15, -0.1) is 0 Å². The summed E-state index contributed by atoms with van der Waals surface area (Å²) in [6, 6.07) is 6.94. The molecule has 1 rings (SSSR count). The summed E-state index contributed by atoms with van der Waals surface area (Å²) in [5.41, 5.74) is 4.06. The van der Waals surface area contributed by atoms with E-state index in [4.69, 9.17) is 4.74 Å². The van der Waals surface area contributed by atoms with Gasteiger partial charge in [-0.25, -0.2) is 5.43 Å². The van der Waals surface area contributed by atoms with Crippen molar-refractivity contribution < 1.29 is 9.53 Å². The van der Waals surface area contributed by atoms with Gasteiger partial charge in [-0.1, -0.05) is 26.0 Å². The van der Waals surface area contributed by atoms with Crippen molar-refractivity contribution in [2.24, 2.45) is 5.10 Å². The van der Waals surface area contributed by atoms with E-state index in [1.165, 1.54) is 0 Å². The topological polar surface area (TPSA) is 50.7 Å². The largest absolute Gasteiger partial charge is 0.490 e. The van der Waals surface area contributed by atoms with E-state index in [2.05, 4.69) is 24.0 Å². The Hall–Kier alpha value is -2.10. The number of amides is 1. The number of hydrogen-bond donors (Lipinski definition) is 1. The smallest absolute Gasteiger partial charge is 0.271 e. The van der Waals surface area contributed by atoms with Crippen molar-refractivity contribution in [3.63, 3.8) is 0 Å². The lowest BCUT2D eigenvalue weighted by Crippen LogP contribution is -2.19. The number of hydrazone groups is 1. The van der Waals surface area contributed by atoms with Gasteiger partial charge in [0.15, 0.2) is 0 Å². The predicted octanol–water partition coefficient (Wildman–Crippen LogP) is 3.55. The minimum absolute atomic E-state index is 0.212. The average Bonchev–Trinajstić information content (AvgIpc) is 2.49. The highest BCUT2D eigenvalue weighted by atomic mass is 16.5. The fourth-order valence-corrected chi connectivity index (χ4v) is 1.56. The minimum Gasteiger partial charge on any atom is -0.490 e. The molecule has 1 aromatic carbocycles. The second-order valence-corrected chi connectivity index (χ2v) is 4.52. The molecule has 0 unspecified atom stereocenters. The molecule has 0 spiro atoms. The van der Waals surface area contributed by atoms with Crippen molar-refractivity contribution in [3.05, 3.63) is 42.5 Å². The number of rotatable bonds is 8. The van der Waals surface area contributed by atoms with E-state index in [9.17, 15) is 4.79 Å². The number of carbonyl (C=O) groups excluding carboxylic acids is 1. The SMILES string of the molecule is C=CCOc1ccc(C(=O)N/N=C(\C)CCCC)cc1. The molecule has 108 valence electrons. The summed E-state index contributed by atoms with van der Waals surface area (Å²) in [6.07, 6.45) is 4.78. The molecular weight excluding hydrogens is 252 g/mol. The molecule has 20 heavy (non-hydrogen) atoms. The van der Waals surface area contributed by atoms with Crippen LogP contribution in [0.4, 0.5) is 0 Å². The van der Waals surface area contributed by atoms with E-state index in [0.717, 1.165) is 25.0 Å². The molecule has 0 heterocycles. The number of nitrogens with one attached hydrogen (secondary N) is 1. The lowest BCUT2D eigenvalue weighted by Gasteiger charge is -2.05. The number of hydrogen-bond acceptors (Lipinski definition) is 3. The molecule has 0 aromatic heterocycles. The van der Waals surface area contributed by atoms with Crippen LogP contribution in [-0.4, -0.2) is 18.2 Å². The van der Waals surface area contributed by atoms with Gasteiger partial charge in [0.2, 0.25) is 0 Å². The van der Waals surface area contributed by atoms with Crippen molar-refractivity contribution in [1.29, 1.82) is 0 Å². The Morgan fingerprint density at radius 2 is 2.10 bits per heavy atom. The Kier molecular flexibility index (Phi) is 7.11. The fourth-order valence-electron chi connectivity index (χ4n) is 1.56. The van der Waals surface area contributed by atoms with E-state index in [-0.39, 0.29) is 5.91 Å². The van der Waals surface area contributed by atoms with Crippen molar-refractivity contribution in [2.45, 2.75) is 33.1 Å². The summed E-state index contributed by atoms with van der Waals surface area (Å²) in [4.78, 5) is 11.9. The van der Waals surface area contributed by atoms with Crippen LogP contribution >= 0.6 is 0 Å². The van der Waals surface area contributed by atoms with Crippen LogP contribution in [0.15, 0.2) is 42.0 Å². The molecule has 0 bridgehead atoms. The molecule has 0 atom stereocenters. The molecule has 1 amide bonds. The fraction of sp³-hybridized carbons (Fsp3) is 0.375. The van der Waals surface area contributed by atoms with E-state index in [0.29, 0.717) is 17.9 Å². The van der Waals surface area contributed by atoms with Crippen LogP contribution in [0.1, 0.15) is 43.5 Å². The van der Waals surface area contributed by atoms with Crippen LogP contribution in [-0.2, 0) is 0 Å². The summed E-state index contributed by atoms with van der Waals surface area (Å²) in [5, 5.41) is 4.08. The zero-order valence-electron chi connectivity index (χ0n) is 12.2. The van der Waals surface area contributed by atoms with Gasteiger partial charge < -0.3 is 4.74 Å². The monoisotopic (exact) mass is 274 g/mol. The van der Waals surface area contributed by atoms with Crippen LogP contribution < -0.4 is 10.2 Å². The molecule has 1 N–H and O–H groups in total. The summed E-state index contributed by atoms with van der Waals surface area (Å²) < 4.78 is 5.36. The molecule has 0 fully saturated rings. The maximum atomic E-state index is 11.9. The van der Waals surface area contributed by atoms with Crippen LogP contribution in [0.2, 0.25) is 0 Å². The summed E-state index contributed by atoms with van der Waals surface area (Å²) in [7, 11) is 0. The zero-order chi connectivity index (χ0) is 14.8. The van der Waals surface area contributed by atoms with Crippen LogP contribution in [0, 0.1) is 0 Å². The third-order valence-electron chi connectivity index (χ3n) is 2.72. The summed E-state index contributed by atoms with van der Waals surface area (Å²) >= 11 is 0. The van der Waals surface area contributed by atoms with Gasteiger partial charge in [0, 0.05) is 11.3 Å². The van der Waals surface area contributed by atoms with Crippen molar-refractivity contribution >= 4 is 11.6 Å². The molecule has 0 radical (unpaired) electrons. The first kappa shape index (κ1) is 16.0.